The van der Waals surface area contributed by atoms with Crippen molar-refractivity contribution >= 4 is 5.97 Å². The van der Waals surface area contributed by atoms with Crippen LogP contribution in [0.4, 0.5) is 0 Å². The average molecular weight is 114 g/mol. The van der Waals surface area contributed by atoms with Crippen molar-refractivity contribution in [2.75, 3.05) is 0 Å². The van der Waals surface area contributed by atoms with Gasteiger partial charge in [-0.15, -0.1) is 0 Å². The van der Waals surface area contributed by atoms with Crippen LogP contribution in [0.5, 0.6) is 0 Å². The van der Waals surface area contributed by atoms with Crippen molar-refractivity contribution in [1.82, 2.24) is 5.32 Å². The summed E-state index contributed by atoms with van der Waals surface area (Å²) in [5.74, 6) is -1.02. The lowest BCUT2D eigenvalue weighted by atomic mass is 10.4. The van der Waals surface area contributed by atoms with E-state index in [1.54, 1.807) is 0 Å². The minimum Gasteiger partial charge on any atom is -0.480 e. The molecule has 4 heteroatoms. The number of nitrogens with one attached hydrogen (secondary N) is 1. The van der Waals surface area contributed by atoms with E-state index in [1.807, 2.05) is 0 Å². The summed E-state index contributed by atoms with van der Waals surface area (Å²) in [7, 11) is 0. The Kier molecular flexibility index (Phi) is 2.41. The van der Waals surface area contributed by atoms with Gasteiger partial charge in [0, 0.05) is 0 Å². The summed E-state index contributed by atoms with van der Waals surface area (Å²) in [6, 6.07) is -0.778. The molecule has 0 aliphatic rings. The Morgan fingerprint density at radius 3 is 2.62 bits per heavy atom. The number of carbonyl (C=O) groups is 1. The molecule has 0 fully saturated rings. The molecule has 0 aliphatic carbocycles. The van der Waals surface area contributed by atoms with E-state index in [2.05, 4.69) is 5.32 Å². The molecule has 0 saturated heterocycles. The van der Waals surface area contributed by atoms with Crippen LogP contribution in [0.15, 0.2) is 0 Å². The van der Waals surface area contributed by atoms with Crippen LogP contribution in [0.3, 0.4) is 0 Å². The molecule has 0 aromatic rings. The van der Waals surface area contributed by atoms with Crippen LogP contribution in [-0.2, 0) is 4.79 Å². The molecule has 0 aliphatic heterocycles. The summed E-state index contributed by atoms with van der Waals surface area (Å²) in [6.45, 7) is 1.39. The van der Waals surface area contributed by atoms with Crippen LogP contribution in [0.1, 0.15) is 6.92 Å². The molecule has 0 bridgehead atoms. The first kappa shape index (κ1) is 6.76. The van der Waals surface area contributed by atoms with Crippen molar-refractivity contribution in [3.8, 4) is 6.19 Å². The number of hydrogen-bond donors (Lipinski definition) is 2. The predicted octanol–water partition coefficient (Wildman–Crippen LogP) is -0.470. The molecule has 4 nitrogen and oxygen atoms in total. The van der Waals surface area contributed by atoms with Gasteiger partial charge in [0.05, 0.1) is 0 Å². The molecule has 1 atom stereocenters. The summed E-state index contributed by atoms with van der Waals surface area (Å²) in [5, 5.41) is 18.0. The van der Waals surface area contributed by atoms with Crippen molar-refractivity contribution in [2.45, 2.75) is 13.0 Å². The van der Waals surface area contributed by atoms with Gasteiger partial charge in [-0.3, -0.25) is 0 Å². The second-order valence-electron chi connectivity index (χ2n) is 1.32. The third kappa shape index (κ3) is 2.03. The lowest BCUT2D eigenvalue weighted by Crippen LogP contribution is -2.29. The van der Waals surface area contributed by atoms with Crippen LogP contribution in [0, 0.1) is 11.5 Å². The summed E-state index contributed by atoms with van der Waals surface area (Å²) in [4.78, 5) is 9.88. The van der Waals surface area contributed by atoms with Gasteiger partial charge in [-0.25, -0.2) is 4.79 Å². The first-order valence-corrected chi connectivity index (χ1v) is 2.06. The van der Waals surface area contributed by atoms with Gasteiger partial charge in [-0.1, -0.05) is 0 Å². The molecule has 8 heavy (non-hydrogen) atoms. The minimum absolute atomic E-state index is 0.778. The number of carboxylic acid groups (broad SMARTS) is 1. The Morgan fingerprint density at radius 1 is 2.00 bits per heavy atom. The molecule has 0 aromatic heterocycles. The molecule has 44 valence electrons. The number of aliphatic carboxylic acids is 1. The second-order valence-corrected chi connectivity index (χ2v) is 1.32. The van der Waals surface area contributed by atoms with Crippen molar-refractivity contribution in [3.05, 3.63) is 0 Å². The summed E-state index contributed by atoms with van der Waals surface area (Å²) in [6.07, 6.45) is 1.52. The predicted molar refractivity (Wildman–Crippen MR) is 25.8 cm³/mol. The maximum Gasteiger partial charge on any atom is 0.326 e. The minimum atomic E-state index is -1.02. The highest BCUT2D eigenvalue weighted by Crippen LogP contribution is 1.75. The number of rotatable bonds is 2. The lowest BCUT2D eigenvalue weighted by Gasteiger charge is -1.98. The highest BCUT2D eigenvalue weighted by atomic mass is 16.4. The summed E-state index contributed by atoms with van der Waals surface area (Å²) in [5.41, 5.74) is 0. The Labute approximate surface area is 46.7 Å². The molecule has 0 heterocycles. The molecule has 0 aromatic carbocycles. The van der Waals surface area contributed by atoms with E-state index >= 15 is 0 Å². The van der Waals surface area contributed by atoms with Gasteiger partial charge >= 0.3 is 5.97 Å². The number of hydrogen-bond acceptors (Lipinski definition) is 3. The monoisotopic (exact) mass is 114 g/mol. The highest BCUT2D eigenvalue weighted by molar-refractivity contribution is 5.73. The lowest BCUT2D eigenvalue weighted by molar-refractivity contribution is -0.138. The van der Waals surface area contributed by atoms with Gasteiger partial charge in [0.15, 0.2) is 6.19 Å². The number of nitriles is 1. The number of nitrogens with zero attached hydrogens (tertiary/aromatic N) is 1. The highest BCUT2D eigenvalue weighted by Gasteiger charge is 2.06. The van der Waals surface area contributed by atoms with Crippen molar-refractivity contribution in [3.63, 3.8) is 0 Å². The van der Waals surface area contributed by atoms with Crippen LogP contribution in [0.2, 0.25) is 0 Å². The Balaban J connectivity index is 3.52. The van der Waals surface area contributed by atoms with E-state index in [1.165, 1.54) is 13.1 Å². The zero-order chi connectivity index (χ0) is 6.57. The first-order chi connectivity index (χ1) is 3.68. The Morgan fingerprint density at radius 2 is 2.50 bits per heavy atom. The van der Waals surface area contributed by atoms with Crippen LogP contribution >= 0.6 is 0 Å². The van der Waals surface area contributed by atoms with E-state index in [0.717, 1.165) is 0 Å². The van der Waals surface area contributed by atoms with Gasteiger partial charge in [-0.05, 0) is 6.92 Å². The fourth-order valence-corrected chi connectivity index (χ4v) is 0.159. The molecule has 0 saturated carbocycles. The van der Waals surface area contributed by atoms with Crippen LogP contribution in [-0.4, -0.2) is 17.1 Å². The van der Waals surface area contributed by atoms with Crippen LogP contribution < -0.4 is 5.32 Å². The normalized spacial score (nSPS) is 11.5. The summed E-state index contributed by atoms with van der Waals surface area (Å²) >= 11 is 0. The van der Waals surface area contributed by atoms with E-state index in [-0.39, 0.29) is 0 Å². The van der Waals surface area contributed by atoms with Gasteiger partial charge in [0.25, 0.3) is 0 Å². The zero-order valence-electron chi connectivity index (χ0n) is 4.38. The molecule has 1 unspecified atom stereocenters. The quantitative estimate of drug-likeness (QED) is 0.376. The fraction of sp³-hybridized carbons (Fsp3) is 0.500. The smallest absolute Gasteiger partial charge is 0.326 e. The van der Waals surface area contributed by atoms with E-state index < -0.39 is 12.0 Å². The Hall–Kier alpha value is -1.24. The van der Waals surface area contributed by atoms with Crippen LogP contribution in [0.25, 0.3) is 0 Å². The SMILES string of the molecule is CC(NC#N)C(=O)O. The van der Waals surface area contributed by atoms with Gasteiger partial charge in [0.1, 0.15) is 6.04 Å². The maximum atomic E-state index is 9.88. The zero-order valence-corrected chi connectivity index (χ0v) is 4.38. The third-order valence-corrected chi connectivity index (χ3v) is 0.651. The second kappa shape index (κ2) is 2.86. The van der Waals surface area contributed by atoms with E-state index in [9.17, 15) is 4.79 Å². The first-order valence-electron chi connectivity index (χ1n) is 2.06. The Bertz CT molecular complexity index is 126. The molecule has 2 N–H and O–H groups in total. The fourth-order valence-electron chi connectivity index (χ4n) is 0.159. The molecule has 0 spiro atoms. The molecular weight excluding hydrogens is 108 g/mol. The summed E-state index contributed by atoms with van der Waals surface area (Å²) < 4.78 is 0. The molecule has 0 amide bonds. The topological polar surface area (TPSA) is 73.1 Å². The van der Waals surface area contributed by atoms with Crippen molar-refractivity contribution < 1.29 is 9.90 Å². The third-order valence-electron chi connectivity index (χ3n) is 0.651. The largest absolute Gasteiger partial charge is 0.480 e. The average Bonchev–Trinajstić information content (AvgIpc) is 1.67. The van der Waals surface area contributed by atoms with E-state index in [0.29, 0.717) is 0 Å². The van der Waals surface area contributed by atoms with Gasteiger partial charge in [-0.2, -0.15) is 5.26 Å². The molecule has 0 radical (unpaired) electrons. The standard InChI is InChI=1S/C4H6N2O2/c1-3(4(7)8)6-2-5/h3,6H,1H3,(H,7,8). The number of carboxylic acids is 1. The van der Waals surface area contributed by atoms with Crippen molar-refractivity contribution in [2.24, 2.45) is 0 Å². The van der Waals surface area contributed by atoms with Gasteiger partial charge in [0.2, 0.25) is 0 Å². The molecular formula is C4H6N2O2. The molecule has 0 rings (SSSR count). The van der Waals surface area contributed by atoms with E-state index in [4.69, 9.17) is 10.4 Å². The maximum absolute atomic E-state index is 9.88. The van der Waals surface area contributed by atoms with Gasteiger partial charge < -0.3 is 10.4 Å². The van der Waals surface area contributed by atoms with Crippen molar-refractivity contribution in [1.29, 1.82) is 5.26 Å².